The molecule has 0 amide bonds. The third-order valence-corrected chi connectivity index (χ3v) is 29.0. The van der Waals surface area contributed by atoms with Gasteiger partial charge in [-0.1, -0.05) is 141 Å². The van der Waals surface area contributed by atoms with Crippen molar-refractivity contribution in [1.82, 2.24) is 0 Å². The topological polar surface area (TPSA) is 254 Å². The van der Waals surface area contributed by atoms with Gasteiger partial charge in [0, 0.05) is 68.6 Å². The van der Waals surface area contributed by atoms with Gasteiger partial charge in [-0.3, -0.25) is 28.8 Å². The molecule has 0 radical (unpaired) electrons. The summed E-state index contributed by atoms with van der Waals surface area (Å²) >= 11 is 0. The number of ether oxygens (including phenoxy) is 9. The third-order valence-electron chi connectivity index (χ3n) is 21.8. The molecule has 0 N–H and O–H groups in total. The number of Topliss-reactive ketones (excluding diaryl/α,β-unsaturated/α-hetero) is 4. The van der Waals surface area contributed by atoms with E-state index in [-0.39, 0.29) is 57.7 Å². The van der Waals surface area contributed by atoms with E-state index in [1.54, 1.807) is 0 Å². The molecule has 6 aliphatic rings. The Bertz CT molecular complexity index is 4170. The molecule has 3 aliphatic carbocycles. The monoisotopic (exact) mass is 2000 g/mol. The van der Waals surface area contributed by atoms with Crippen LogP contribution in [-0.4, -0.2) is 222 Å². The Hall–Kier alpha value is -8.16. The van der Waals surface area contributed by atoms with E-state index in [2.05, 4.69) is 42.6 Å². The quantitative estimate of drug-likeness (QED) is 0.0102. The molecule has 0 spiro atoms. The highest BCUT2D eigenvalue weighted by Crippen LogP contribution is 2.47. The largest absolute Gasteiger partial charge is 0.468 e. The van der Waals surface area contributed by atoms with Gasteiger partial charge in [-0.05, 0) is 142 Å². The first kappa shape index (κ1) is 116. The molecule has 2 bridgehead atoms. The molecule has 134 heavy (non-hydrogen) atoms. The molecule has 752 valence electrons. The van der Waals surface area contributed by atoms with E-state index in [1.807, 2.05) is 91.0 Å². The first-order valence-corrected chi connectivity index (χ1v) is 48.5. The molecular formula is C91H112F21O19S3+3. The normalized spacial score (nSPS) is 19.1. The van der Waals surface area contributed by atoms with E-state index >= 15 is 0 Å². The number of rotatable bonds is 37. The molecule has 10 rings (SSSR count). The molecule has 3 aliphatic heterocycles. The number of carbonyl (C=O) groups excluding carboxylic acids is 10. The molecule has 0 aromatic heterocycles. The minimum Gasteiger partial charge on any atom is -0.461 e. The minimum absolute atomic E-state index is 0.113. The van der Waals surface area contributed by atoms with Crippen LogP contribution in [-0.2, 0) is 104 Å². The van der Waals surface area contributed by atoms with Gasteiger partial charge >= 0.3 is 107 Å². The zero-order valence-electron chi connectivity index (χ0n) is 74.5. The van der Waals surface area contributed by atoms with Crippen LogP contribution < -0.4 is 0 Å². The van der Waals surface area contributed by atoms with Gasteiger partial charge in [0.2, 0.25) is 17.3 Å². The Balaban J connectivity index is 0.000000294. The zero-order chi connectivity index (χ0) is 100. The molecule has 6 unspecified atom stereocenters. The van der Waals surface area contributed by atoms with Crippen LogP contribution in [0.2, 0.25) is 0 Å². The Labute approximate surface area is 770 Å². The van der Waals surface area contributed by atoms with Gasteiger partial charge in [0.25, 0.3) is 0 Å². The minimum atomic E-state index is -5.80. The number of esters is 6. The number of hydrogen-bond donors (Lipinski definition) is 0. The average molecular weight is 2010 g/mol. The second-order valence-electron chi connectivity index (χ2n) is 32.3. The van der Waals surface area contributed by atoms with Crippen molar-refractivity contribution in [3.8, 4) is 0 Å². The van der Waals surface area contributed by atoms with Crippen molar-refractivity contribution in [3.63, 3.8) is 0 Å². The molecule has 43 heteroatoms. The number of halogens is 21. The second-order valence-corrected chi connectivity index (χ2v) is 39.3. The summed E-state index contributed by atoms with van der Waals surface area (Å²) < 4.78 is 320. The van der Waals surface area contributed by atoms with Crippen LogP contribution in [0.1, 0.15) is 211 Å². The van der Waals surface area contributed by atoms with Crippen LogP contribution >= 0.6 is 0 Å². The molecule has 3 saturated carbocycles. The first-order chi connectivity index (χ1) is 62.5. The summed E-state index contributed by atoms with van der Waals surface area (Å²) in [4.78, 5) is 121. The van der Waals surface area contributed by atoms with Crippen molar-refractivity contribution in [2.75, 3.05) is 91.4 Å². The Morgan fingerprint density at radius 2 is 0.649 bits per heavy atom. The predicted molar refractivity (Wildman–Crippen MR) is 454 cm³/mol. The maximum atomic E-state index is 13.9. The van der Waals surface area contributed by atoms with Crippen LogP contribution in [0.3, 0.4) is 0 Å². The highest BCUT2D eigenvalue weighted by Gasteiger charge is 2.71. The van der Waals surface area contributed by atoms with Crippen LogP contribution in [0.25, 0.3) is 0 Å². The number of hydrogen-bond acceptors (Lipinski definition) is 19. The number of benzene rings is 4. The second kappa shape index (κ2) is 52.6. The van der Waals surface area contributed by atoms with E-state index in [0.29, 0.717) is 75.7 Å². The lowest BCUT2D eigenvalue weighted by Gasteiger charge is -2.38. The third kappa shape index (κ3) is 35.1. The summed E-state index contributed by atoms with van der Waals surface area (Å²) in [6.45, 7) is -3.81. The highest BCUT2D eigenvalue weighted by molar-refractivity contribution is 7.98. The van der Waals surface area contributed by atoms with E-state index in [1.165, 1.54) is 91.2 Å². The number of carbonyl (C=O) groups is 10. The molecule has 6 fully saturated rings. The van der Waals surface area contributed by atoms with E-state index in [4.69, 9.17) is 0 Å². The maximum absolute atomic E-state index is 13.9. The summed E-state index contributed by atoms with van der Waals surface area (Å²) in [5.41, 5.74) is 2.23. The van der Waals surface area contributed by atoms with Crippen LogP contribution in [0.4, 0.5) is 92.2 Å². The molecule has 3 saturated heterocycles. The molecular weight excluding hydrogens is 1890 g/mol. The van der Waals surface area contributed by atoms with Crippen molar-refractivity contribution in [2.24, 2.45) is 23.7 Å². The van der Waals surface area contributed by atoms with E-state index in [0.717, 1.165) is 86.1 Å². The fraction of sp³-hybridized carbons (Fsp3) is 0.626. The molecule has 6 atom stereocenters. The van der Waals surface area contributed by atoms with Gasteiger partial charge < -0.3 is 42.6 Å². The first-order valence-electron chi connectivity index (χ1n) is 43.3. The lowest BCUT2D eigenvalue weighted by atomic mass is 9.66. The number of alkyl halides is 21. The fourth-order valence-electron chi connectivity index (χ4n) is 14.2. The van der Waals surface area contributed by atoms with Gasteiger partial charge in [0.05, 0.1) is 57.5 Å². The predicted octanol–water partition coefficient (Wildman–Crippen LogP) is 20.7. The maximum Gasteiger partial charge on any atom is 0.468 e. The lowest BCUT2D eigenvalue weighted by molar-refractivity contribution is -0.359. The lowest BCUT2D eigenvalue weighted by Crippen LogP contribution is -2.59. The van der Waals surface area contributed by atoms with E-state index < -0.39 is 190 Å². The molecule has 3 heterocycles. The van der Waals surface area contributed by atoms with Crippen LogP contribution in [0.15, 0.2) is 121 Å². The van der Waals surface area contributed by atoms with Crippen molar-refractivity contribution in [1.29, 1.82) is 0 Å². The molecule has 19 nitrogen and oxygen atoms in total. The summed E-state index contributed by atoms with van der Waals surface area (Å²) in [6.07, 6.45) is -10.3. The summed E-state index contributed by atoms with van der Waals surface area (Å²) in [5.74, 6) is -43.8. The van der Waals surface area contributed by atoms with Crippen LogP contribution in [0, 0.1) is 23.7 Å². The smallest absolute Gasteiger partial charge is 0.461 e. The van der Waals surface area contributed by atoms with Gasteiger partial charge in [0.1, 0.15) is 40.3 Å². The summed E-state index contributed by atoms with van der Waals surface area (Å²) in [6, 6.07) is 35.1. The fourth-order valence-corrected chi connectivity index (χ4v) is 21.0. The van der Waals surface area contributed by atoms with Gasteiger partial charge in [-0.2, -0.15) is 65.9 Å². The SMILES string of the molecule is CCOC(=O)C(OCCC(F)(F)C(C)(F)F)(OC(=O)C1CCCCC1)C(F)(F)F.CCOC(=O)C(OCCC(F)(F)C(C)(F)F)(OC(=O)CC1CC2CCCC(C2)C1=O)C(F)(F)F.CCOC(=O)C(OCCC(F)(F)C(C)(F)F)(OC(=O)c1ccccc1)C(F)(F)F.O=C(C[S+]1CCCC1)c1ccccc1.O=C(C[S+]1CCCC1)c1ccccc1.O=C(C[S+]1CCCC1)c1ccccc1. The van der Waals surface area contributed by atoms with E-state index in [9.17, 15) is 140 Å². The van der Waals surface area contributed by atoms with Crippen LogP contribution in [0.5, 0.6) is 0 Å². The number of ketones is 4. The molecule has 4 aromatic carbocycles. The Kier molecular flexibility index (Phi) is 45.6. The van der Waals surface area contributed by atoms with Crippen molar-refractivity contribution >= 4 is 91.6 Å². The standard InChI is InChI=1S/C21H27F7O6.C17H23F7O5.C17H17F7O5.3C12H15OS/c1-3-32-17(31)20(21(26,27)28,33-8-7-19(24,25)18(2,22)23)34-15(29)11-14-10-12-5-4-6-13(9-12)16(14)30;2*1-3-27-13(26)16(17(22,23)24,28-10-9-15(20,21)14(2,18)19)29-12(25)11-7-5-4-6-8-11;3*13-12(10-14-8-4-5-9-14)11-6-2-1-3-7-11/h12-14H,3-11H2,1-2H3;11H,3-10H2,1-2H3;4-8H,3,9-10H2,1-2H3;3*1-3,6-7H,4-5,8-10H2/q;;;3*+1. The van der Waals surface area contributed by atoms with Crippen molar-refractivity contribution < 1.29 is 183 Å². The number of fused-ring (bicyclic) bond motifs is 2. The Morgan fingerprint density at radius 3 is 0.948 bits per heavy atom. The molecule has 4 aromatic rings. The van der Waals surface area contributed by atoms with Gasteiger partial charge in [-0.15, -0.1) is 0 Å². The summed E-state index contributed by atoms with van der Waals surface area (Å²) in [7, 11) is 1.18. The highest BCUT2D eigenvalue weighted by atomic mass is 32.2. The van der Waals surface area contributed by atoms with Gasteiger partial charge in [0.15, 0.2) is 17.3 Å². The average Bonchev–Trinajstić information content (AvgIpc) is 0.776. The zero-order valence-corrected chi connectivity index (χ0v) is 77.0. The van der Waals surface area contributed by atoms with Crippen molar-refractivity contribution in [2.45, 2.75) is 241 Å². The van der Waals surface area contributed by atoms with Crippen molar-refractivity contribution in [3.05, 3.63) is 144 Å². The Morgan fingerprint density at radius 1 is 0.351 bits per heavy atom. The summed E-state index contributed by atoms with van der Waals surface area (Å²) in [5, 5.41) is 0. The van der Waals surface area contributed by atoms with Gasteiger partial charge in [-0.25, -0.2) is 45.5 Å².